The normalized spacial score (nSPS) is 17.0. The number of para-hydroxylation sites is 1. The monoisotopic (exact) mass is 592 g/mol. The van der Waals surface area contributed by atoms with Gasteiger partial charge in [-0.3, -0.25) is 0 Å². The first kappa shape index (κ1) is 33.9. The molecule has 0 aromatic heterocycles. The van der Waals surface area contributed by atoms with Crippen molar-refractivity contribution in [1.29, 1.82) is 0 Å². The minimum Gasteiger partial charge on any atom is -0.352 e. The zero-order valence-corrected chi connectivity index (χ0v) is 28.0. The van der Waals surface area contributed by atoms with Gasteiger partial charge in [-0.1, -0.05) is 183 Å². The quantitative estimate of drug-likeness (QED) is 0.107. The summed E-state index contributed by atoms with van der Waals surface area (Å²) in [5.74, 6) is 0.357. The van der Waals surface area contributed by atoms with Crippen molar-refractivity contribution in [2.24, 2.45) is 0 Å². The minimum absolute atomic E-state index is 0.200. The topological polar surface area (TPSA) is 6.48 Å². The number of hydrogen-bond acceptors (Lipinski definition) is 2. The first-order valence-electron chi connectivity index (χ1n) is 18.2. The highest BCUT2D eigenvalue weighted by Crippen LogP contribution is 2.47. The number of hydrogen-bond donors (Lipinski definition) is 0. The van der Waals surface area contributed by atoms with Gasteiger partial charge in [0.1, 0.15) is 5.66 Å². The molecule has 3 aromatic carbocycles. The van der Waals surface area contributed by atoms with E-state index in [0.29, 0.717) is 5.92 Å². The van der Waals surface area contributed by atoms with Crippen molar-refractivity contribution in [2.45, 2.75) is 135 Å². The predicted molar refractivity (Wildman–Crippen MR) is 192 cm³/mol. The highest BCUT2D eigenvalue weighted by atomic mass is 15.4. The van der Waals surface area contributed by atoms with E-state index in [0.717, 1.165) is 19.4 Å². The third-order valence-corrected chi connectivity index (χ3v) is 9.82. The van der Waals surface area contributed by atoms with Gasteiger partial charge in [-0.25, -0.2) is 0 Å². The Hall–Kier alpha value is -3.00. The van der Waals surface area contributed by atoms with E-state index in [1.807, 2.05) is 0 Å². The number of rotatable bonds is 22. The molecule has 2 unspecified atom stereocenters. The van der Waals surface area contributed by atoms with E-state index in [1.54, 1.807) is 0 Å². The number of anilines is 1. The fourth-order valence-corrected chi connectivity index (χ4v) is 7.45. The summed E-state index contributed by atoms with van der Waals surface area (Å²) in [7, 11) is 0. The van der Waals surface area contributed by atoms with Crippen LogP contribution in [0.3, 0.4) is 0 Å². The van der Waals surface area contributed by atoms with Crippen molar-refractivity contribution >= 4 is 5.69 Å². The third kappa shape index (κ3) is 9.75. The summed E-state index contributed by atoms with van der Waals surface area (Å²) in [5.41, 5.74) is 3.90. The van der Waals surface area contributed by atoms with Crippen LogP contribution in [0.1, 0.15) is 134 Å². The maximum absolute atomic E-state index is 2.70. The lowest BCUT2D eigenvalue weighted by Crippen LogP contribution is -2.59. The van der Waals surface area contributed by atoms with Gasteiger partial charge in [0.05, 0.1) is 0 Å². The molecule has 1 aliphatic heterocycles. The lowest BCUT2D eigenvalue weighted by molar-refractivity contribution is 0.125. The summed E-state index contributed by atoms with van der Waals surface area (Å²) in [5, 5.41) is 0. The molecule has 1 heterocycles. The summed E-state index contributed by atoms with van der Waals surface area (Å²) < 4.78 is 0. The molecule has 0 saturated carbocycles. The first-order valence-corrected chi connectivity index (χ1v) is 18.2. The Morgan fingerprint density at radius 3 is 1.52 bits per heavy atom. The summed E-state index contributed by atoms with van der Waals surface area (Å²) in [6, 6.07) is 33.4. The number of nitrogens with zero attached hydrogens (tertiary/aromatic N) is 2. The first-order chi connectivity index (χ1) is 21.8. The van der Waals surface area contributed by atoms with E-state index in [1.165, 1.54) is 113 Å². The minimum atomic E-state index is -0.200. The van der Waals surface area contributed by atoms with Crippen molar-refractivity contribution in [1.82, 2.24) is 4.90 Å². The Kier molecular flexibility index (Phi) is 14.9. The molecule has 1 aliphatic rings. The molecule has 0 N–H and O–H groups in total. The van der Waals surface area contributed by atoms with Gasteiger partial charge in [0, 0.05) is 37.0 Å². The Balaban J connectivity index is 1.35. The molecule has 0 saturated heterocycles. The number of unbranched alkanes of at least 4 members (excludes halogenated alkanes) is 14. The number of benzene rings is 3. The smallest absolute Gasteiger partial charge is 0.127 e. The molecule has 4 rings (SSSR count). The molecular formula is C42H60N2. The van der Waals surface area contributed by atoms with Crippen LogP contribution in [0.5, 0.6) is 0 Å². The predicted octanol–water partition coefficient (Wildman–Crippen LogP) is 12.3. The molecular weight excluding hydrogens is 532 g/mol. The molecule has 3 aromatic rings. The van der Waals surface area contributed by atoms with Crippen LogP contribution in [-0.4, -0.2) is 17.1 Å². The van der Waals surface area contributed by atoms with Crippen molar-refractivity contribution < 1.29 is 0 Å². The van der Waals surface area contributed by atoms with Gasteiger partial charge in [-0.05, 0) is 36.1 Å². The van der Waals surface area contributed by atoms with Crippen LogP contribution in [0.4, 0.5) is 5.69 Å². The zero-order chi connectivity index (χ0) is 30.7. The molecule has 0 radical (unpaired) electrons. The SMILES string of the molecule is CCCCCCCCCCCCCCCCCN1C=CN(c2ccccc2)C1(Cc1ccccc1)C(CC)c1ccccc1. The fourth-order valence-electron chi connectivity index (χ4n) is 7.45. The maximum atomic E-state index is 2.70. The summed E-state index contributed by atoms with van der Waals surface area (Å²) in [4.78, 5) is 5.29. The van der Waals surface area contributed by atoms with Gasteiger partial charge in [0.15, 0.2) is 0 Å². The van der Waals surface area contributed by atoms with Crippen molar-refractivity contribution in [2.75, 3.05) is 11.4 Å². The van der Waals surface area contributed by atoms with Crippen LogP contribution >= 0.6 is 0 Å². The lowest BCUT2D eigenvalue weighted by atomic mass is 9.78. The second kappa shape index (κ2) is 19.4. The summed E-state index contributed by atoms with van der Waals surface area (Å²) in [6.45, 7) is 5.77. The van der Waals surface area contributed by atoms with E-state index >= 15 is 0 Å². The molecule has 0 fully saturated rings. The van der Waals surface area contributed by atoms with E-state index in [4.69, 9.17) is 0 Å². The average Bonchev–Trinajstić information content (AvgIpc) is 3.42. The maximum Gasteiger partial charge on any atom is 0.127 e. The van der Waals surface area contributed by atoms with Crippen LogP contribution in [0.2, 0.25) is 0 Å². The van der Waals surface area contributed by atoms with E-state index in [-0.39, 0.29) is 5.66 Å². The molecule has 0 amide bonds. The standard InChI is InChI=1S/C42H60N2/c1-3-5-6-7-8-9-10-11-12-13-14-15-16-17-27-34-43-35-36-44(40-32-25-20-26-33-40)42(43,37-38-28-21-18-22-29-38)41(4-2)39-30-23-19-24-31-39/h18-26,28-33,35-36,41H,3-17,27,34,37H2,1-2H3. The largest absolute Gasteiger partial charge is 0.352 e. The van der Waals surface area contributed by atoms with Gasteiger partial charge in [0.25, 0.3) is 0 Å². The van der Waals surface area contributed by atoms with Crippen LogP contribution in [0.15, 0.2) is 103 Å². The Morgan fingerprint density at radius 1 is 0.523 bits per heavy atom. The van der Waals surface area contributed by atoms with Gasteiger partial charge in [0.2, 0.25) is 0 Å². The lowest BCUT2D eigenvalue weighted by Gasteiger charge is -2.51. The Bertz CT molecular complexity index is 1160. The van der Waals surface area contributed by atoms with Crippen molar-refractivity contribution in [3.8, 4) is 0 Å². The average molecular weight is 593 g/mol. The highest BCUT2D eigenvalue weighted by Gasteiger charge is 2.50. The van der Waals surface area contributed by atoms with Gasteiger partial charge in [-0.15, -0.1) is 0 Å². The molecule has 2 nitrogen and oxygen atoms in total. The van der Waals surface area contributed by atoms with Crippen molar-refractivity contribution in [3.05, 3.63) is 115 Å². The molecule has 0 aliphatic carbocycles. The van der Waals surface area contributed by atoms with Crippen LogP contribution in [-0.2, 0) is 6.42 Å². The fraction of sp³-hybridized carbons (Fsp3) is 0.524. The van der Waals surface area contributed by atoms with E-state index < -0.39 is 0 Å². The molecule has 0 spiro atoms. The second-order valence-corrected chi connectivity index (χ2v) is 13.1. The molecule has 2 heteroatoms. The molecule has 238 valence electrons. The van der Waals surface area contributed by atoms with Crippen LogP contribution < -0.4 is 4.90 Å². The molecule has 44 heavy (non-hydrogen) atoms. The highest BCUT2D eigenvalue weighted by molar-refractivity contribution is 5.56. The van der Waals surface area contributed by atoms with Gasteiger partial charge >= 0.3 is 0 Å². The van der Waals surface area contributed by atoms with E-state index in [9.17, 15) is 0 Å². The van der Waals surface area contributed by atoms with Crippen LogP contribution in [0.25, 0.3) is 0 Å². The summed E-state index contributed by atoms with van der Waals surface area (Å²) >= 11 is 0. The van der Waals surface area contributed by atoms with Crippen molar-refractivity contribution in [3.63, 3.8) is 0 Å². The molecule has 0 bridgehead atoms. The van der Waals surface area contributed by atoms with Gasteiger partial charge < -0.3 is 9.80 Å². The van der Waals surface area contributed by atoms with E-state index in [2.05, 4.69) is 127 Å². The van der Waals surface area contributed by atoms with Gasteiger partial charge in [-0.2, -0.15) is 0 Å². The zero-order valence-electron chi connectivity index (χ0n) is 28.0. The Labute approximate surface area is 270 Å². The van der Waals surface area contributed by atoms with Crippen LogP contribution in [0, 0.1) is 0 Å². The second-order valence-electron chi connectivity index (χ2n) is 13.1. The third-order valence-electron chi connectivity index (χ3n) is 9.82. The summed E-state index contributed by atoms with van der Waals surface area (Å²) in [6.07, 6.45) is 27.8. The molecule has 2 atom stereocenters. The Morgan fingerprint density at radius 2 is 1.00 bits per heavy atom.